The van der Waals surface area contributed by atoms with Crippen LogP contribution in [0.25, 0.3) is 45.1 Å². The zero-order valence-electron chi connectivity index (χ0n) is 20.2. The monoisotopic (exact) mass is 500 g/mol. The van der Waals surface area contributed by atoms with Gasteiger partial charge in [0.25, 0.3) is 0 Å². The fourth-order valence-electron chi connectivity index (χ4n) is 4.55. The SMILES string of the molecule is CCCc1nc2c(C)cc(C)nc2n1Cc1ccc2oc(-c3ccccc3-c3nnn[nH]3)nc2c1.Cl. The van der Waals surface area contributed by atoms with E-state index in [-0.39, 0.29) is 12.4 Å². The first-order valence-electron chi connectivity index (χ1n) is 11.7. The van der Waals surface area contributed by atoms with Gasteiger partial charge in [0, 0.05) is 23.2 Å². The number of pyridine rings is 1. The summed E-state index contributed by atoms with van der Waals surface area (Å²) in [6.07, 6.45) is 1.92. The van der Waals surface area contributed by atoms with Gasteiger partial charge in [-0.05, 0) is 66.1 Å². The van der Waals surface area contributed by atoms with Crippen LogP contribution in [0.15, 0.2) is 52.9 Å². The highest BCUT2D eigenvalue weighted by atomic mass is 35.5. The maximum atomic E-state index is 6.12. The number of H-pyrrole nitrogens is 1. The fourth-order valence-corrected chi connectivity index (χ4v) is 4.55. The number of rotatable bonds is 6. The second-order valence-corrected chi connectivity index (χ2v) is 8.73. The summed E-state index contributed by atoms with van der Waals surface area (Å²) in [5, 5.41) is 14.2. The number of imidazole rings is 1. The van der Waals surface area contributed by atoms with Crippen LogP contribution in [0.3, 0.4) is 0 Å². The Bertz CT molecular complexity index is 1670. The lowest BCUT2D eigenvalue weighted by atomic mass is 10.1. The predicted molar refractivity (Wildman–Crippen MR) is 140 cm³/mol. The normalized spacial score (nSPS) is 11.3. The third kappa shape index (κ3) is 4.11. The molecule has 0 fully saturated rings. The van der Waals surface area contributed by atoms with Gasteiger partial charge in [0.15, 0.2) is 17.1 Å². The Balaban J connectivity index is 0.00000267. The number of benzene rings is 2. The number of tetrazole rings is 1. The van der Waals surface area contributed by atoms with E-state index in [0.717, 1.165) is 68.9 Å². The summed E-state index contributed by atoms with van der Waals surface area (Å²) in [5.74, 6) is 2.15. The number of halogens is 1. The first kappa shape index (κ1) is 23.6. The Hall–Kier alpha value is -4.11. The van der Waals surface area contributed by atoms with Crippen LogP contribution in [0.5, 0.6) is 0 Å². The second kappa shape index (κ2) is 9.50. The van der Waals surface area contributed by atoms with E-state index in [2.05, 4.69) is 57.2 Å². The Morgan fingerprint density at radius 3 is 2.58 bits per heavy atom. The maximum Gasteiger partial charge on any atom is 0.228 e. The number of hydrogen-bond donors (Lipinski definition) is 1. The lowest BCUT2D eigenvalue weighted by Gasteiger charge is -2.09. The van der Waals surface area contributed by atoms with Crippen LogP contribution in [0.4, 0.5) is 0 Å². The van der Waals surface area contributed by atoms with E-state index in [9.17, 15) is 0 Å². The number of aryl methyl sites for hydroxylation is 3. The van der Waals surface area contributed by atoms with E-state index in [1.165, 1.54) is 0 Å². The minimum Gasteiger partial charge on any atom is -0.436 e. The Morgan fingerprint density at radius 1 is 0.972 bits per heavy atom. The largest absolute Gasteiger partial charge is 0.436 e. The lowest BCUT2D eigenvalue weighted by Crippen LogP contribution is -2.06. The van der Waals surface area contributed by atoms with Crippen molar-refractivity contribution in [2.45, 2.75) is 40.2 Å². The van der Waals surface area contributed by atoms with E-state index < -0.39 is 0 Å². The second-order valence-electron chi connectivity index (χ2n) is 8.73. The number of aromatic amines is 1. The van der Waals surface area contributed by atoms with E-state index >= 15 is 0 Å². The molecule has 0 aliphatic rings. The van der Waals surface area contributed by atoms with Crippen LogP contribution in [-0.2, 0) is 13.0 Å². The molecule has 36 heavy (non-hydrogen) atoms. The van der Waals surface area contributed by atoms with Gasteiger partial charge in [-0.25, -0.2) is 20.1 Å². The molecule has 9 nitrogen and oxygen atoms in total. The Labute approximate surface area is 213 Å². The minimum absolute atomic E-state index is 0. The zero-order chi connectivity index (χ0) is 23.9. The highest BCUT2D eigenvalue weighted by Crippen LogP contribution is 2.32. The third-order valence-corrected chi connectivity index (χ3v) is 6.13. The highest BCUT2D eigenvalue weighted by Gasteiger charge is 2.17. The van der Waals surface area contributed by atoms with Crippen molar-refractivity contribution in [1.82, 2.24) is 40.1 Å². The van der Waals surface area contributed by atoms with Crippen molar-refractivity contribution in [2.24, 2.45) is 0 Å². The molecular weight excluding hydrogens is 476 g/mol. The third-order valence-electron chi connectivity index (χ3n) is 6.13. The molecule has 6 aromatic rings. The van der Waals surface area contributed by atoms with Gasteiger partial charge in [0.05, 0.1) is 6.54 Å². The molecule has 4 aromatic heterocycles. The molecule has 0 saturated heterocycles. The van der Waals surface area contributed by atoms with Gasteiger partial charge >= 0.3 is 0 Å². The molecule has 0 amide bonds. The van der Waals surface area contributed by atoms with Gasteiger partial charge in [0.2, 0.25) is 5.89 Å². The topological polar surface area (TPSA) is 111 Å². The van der Waals surface area contributed by atoms with E-state index in [0.29, 0.717) is 18.3 Å². The first-order chi connectivity index (χ1) is 17.1. The fraction of sp³-hybridized carbons (Fsp3) is 0.231. The molecule has 6 rings (SSSR count). The van der Waals surface area contributed by atoms with Crippen molar-refractivity contribution >= 4 is 34.7 Å². The van der Waals surface area contributed by atoms with E-state index in [4.69, 9.17) is 19.4 Å². The first-order valence-corrected chi connectivity index (χ1v) is 11.7. The minimum atomic E-state index is 0. The lowest BCUT2D eigenvalue weighted by molar-refractivity contribution is 0.620. The van der Waals surface area contributed by atoms with Crippen LogP contribution in [-0.4, -0.2) is 40.1 Å². The molecule has 0 saturated carbocycles. The standard InChI is InChI=1S/C26H24N8O.ClH/c1-4-7-22-29-23-15(2)12-16(3)27-25(23)34(22)14-17-10-11-21-20(13-17)28-26(35-21)19-9-6-5-8-18(19)24-30-32-33-31-24;/h5-6,8-13H,4,7,14H2,1-3H3,(H,30,31,32,33);1H. The smallest absolute Gasteiger partial charge is 0.228 e. The molecule has 182 valence electrons. The molecule has 2 aromatic carbocycles. The molecule has 10 heteroatoms. The van der Waals surface area contributed by atoms with E-state index in [1.807, 2.05) is 37.3 Å². The Morgan fingerprint density at radius 2 is 1.81 bits per heavy atom. The van der Waals surface area contributed by atoms with Gasteiger partial charge in [-0.15, -0.1) is 17.5 Å². The molecule has 0 aliphatic heterocycles. The summed E-state index contributed by atoms with van der Waals surface area (Å²) in [6, 6.07) is 16.0. The van der Waals surface area contributed by atoms with Crippen LogP contribution in [0, 0.1) is 13.8 Å². The summed E-state index contributed by atoms with van der Waals surface area (Å²) in [4.78, 5) is 14.6. The van der Waals surface area contributed by atoms with Crippen LogP contribution >= 0.6 is 12.4 Å². The van der Waals surface area contributed by atoms with Crippen molar-refractivity contribution < 1.29 is 4.42 Å². The van der Waals surface area contributed by atoms with Crippen molar-refractivity contribution in [3.8, 4) is 22.8 Å². The molecule has 0 aliphatic carbocycles. The van der Waals surface area contributed by atoms with Crippen LogP contribution in [0.1, 0.15) is 36.0 Å². The highest BCUT2D eigenvalue weighted by molar-refractivity contribution is 5.85. The number of nitrogens with one attached hydrogen (secondary N) is 1. The number of nitrogens with zero attached hydrogens (tertiary/aromatic N) is 7. The van der Waals surface area contributed by atoms with E-state index in [1.54, 1.807) is 0 Å². The molecule has 0 bridgehead atoms. The van der Waals surface area contributed by atoms with Gasteiger partial charge in [-0.3, -0.25) is 0 Å². The van der Waals surface area contributed by atoms with Crippen molar-refractivity contribution in [3.63, 3.8) is 0 Å². The predicted octanol–water partition coefficient (Wildman–Crippen LogP) is 5.46. The van der Waals surface area contributed by atoms with Gasteiger partial charge in [-0.2, -0.15) is 0 Å². The maximum absolute atomic E-state index is 6.12. The molecule has 0 radical (unpaired) electrons. The van der Waals surface area contributed by atoms with Gasteiger partial charge in [-0.1, -0.05) is 31.2 Å². The van der Waals surface area contributed by atoms with Crippen molar-refractivity contribution in [1.29, 1.82) is 0 Å². The number of oxazole rings is 1. The summed E-state index contributed by atoms with van der Waals surface area (Å²) in [5.41, 5.74) is 8.34. The number of aromatic nitrogens is 8. The summed E-state index contributed by atoms with van der Waals surface area (Å²) < 4.78 is 8.35. The van der Waals surface area contributed by atoms with Gasteiger partial charge in [0.1, 0.15) is 16.9 Å². The van der Waals surface area contributed by atoms with Gasteiger partial charge < -0.3 is 8.98 Å². The molecule has 0 atom stereocenters. The average Bonchev–Trinajstić information content (AvgIpc) is 3.59. The zero-order valence-corrected chi connectivity index (χ0v) is 21.0. The summed E-state index contributed by atoms with van der Waals surface area (Å²) >= 11 is 0. The molecule has 0 spiro atoms. The molecule has 1 N–H and O–H groups in total. The number of fused-ring (bicyclic) bond motifs is 2. The summed E-state index contributed by atoms with van der Waals surface area (Å²) in [6.45, 7) is 6.96. The summed E-state index contributed by atoms with van der Waals surface area (Å²) in [7, 11) is 0. The van der Waals surface area contributed by atoms with Crippen molar-refractivity contribution in [3.05, 3.63) is 71.2 Å². The molecule has 4 heterocycles. The number of hydrogen-bond acceptors (Lipinski definition) is 7. The van der Waals surface area contributed by atoms with Crippen molar-refractivity contribution in [2.75, 3.05) is 0 Å². The quantitative estimate of drug-likeness (QED) is 0.323. The molecular formula is C26H25ClN8O. The Kier molecular flexibility index (Phi) is 6.24. The van der Waals surface area contributed by atoms with Crippen LogP contribution < -0.4 is 0 Å². The molecule has 0 unspecified atom stereocenters. The average molecular weight is 501 g/mol. The van der Waals surface area contributed by atoms with Crippen LogP contribution in [0.2, 0.25) is 0 Å².